The molecule has 1 aliphatic heterocycles. The molecule has 130 valence electrons. The molecular formula is C22H24BN3. The van der Waals surface area contributed by atoms with E-state index in [2.05, 4.69) is 87.0 Å². The largest absolute Gasteiger partial charge is 0.411 e. The molecule has 0 bridgehead atoms. The van der Waals surface area contributed by atoms with Crippen LogP contribution in [0.2, 0.25) is 0 Å². The zero-order valence-corrected chi connectivity index (χ0v) is 16.1. The molecule has 0 saturated carbocycles. The molecule has 0 spiro atoms. The third-order valence-electron chi connectivity index (χ3n) is 5.41. The van der Waals surface area contributed by atoms with Crippen LogP contribution < -0.4 is 15.1 Å². The summed E-state index contributed by atoms with van der Waals surface area (Å²) in [6, 6.07) is 17.1. The first kappa shape index (κ1) is 16.7. The molecule has 0 N–H and O–H groups in total. The molecule has 1 aromatic heterocycles. The fourth-order valence-corrected chi connectivity index (χ4v) is 4.38. The Morgan fingerprint density at radius 2 is 1.50 bits per heavy atom. The van der Waals surface area contributed by atoms with Crippen LogP contribution in [0, 0.1) is 20.8 Å². The maximum absolute atomic E-state index is 4.72. The van der Waals surface area contributed by atoms with E-state index in [1.165, 1.54) is 33.5 Å². The van der Waals surface area contributed by atoms with Crippen LogP contribution in [-0.2, 0) is 0 Å². The molecule has 4 heteroatoms. The van der Waals surface area contributed by atoms with Gasteiger partial charge < -0.3 is 9.62 Å². The van der Waals surface area contributed by atoms with Gasteiger partial charge in [0.05, 0.1) is 17.1 Å². The van der Waals surface area contributed by atoms with Crippen LogP contribution in [0.4, 0.5) is 11.4 Å². The molecule has 3 nitrogen and oxygen atoms in total. The number of benzene rings is 2. The predicted molar refractivity (Wildman–Crippen MR) is 113 cm³/mol. The van der Waals surface area contributed by atoms with E-state index in [-0.39, 0.29) is 6.98 Å². The minimum Gasteiger partial charge on any atom is -0.393 e. The van der Waals surface area contributed by atoms with E-state index in [9.17, 15) is 0 Å². The number of rotatable bonds is 2. The van der Waals surface area contributed by atoms with Crippen LogP contribution in [0.1, 0.15) is 16.7 Å². The average Bonchev–Trinajstić information content (AvgIpc) is 2.87. The van der Waals surface area contributed by atoms with Gasteiger partial charge in [0.1, 0.15) is 0 Å². The second kappa shape index (κ2) is 6.20. The van der Waals surface area contributed by atoms with Gasteiger partial charge in [-0.1, -0.05) is 59.2 Å². The van der Waals surface area contributed by atoms with Crippen LogP contribution >= 0.6 is 0 Å². The van der Waals surface area contributed by atoms with Gasteiger partial charge in [0.25, 0.3) is 0 Å². The molecule has 3 aromatic rings. The van der Waals surface area contributed by atoms with Gasteiger partial charge in [0.2, 0.25) is 0 Å². The highest BCUT2D eigenvalue weighted by atomic mass is 15.3. The Morgan fingerprint density at radius 3 is 2.15 bits per heavy atom. The van der Waals surface area contributed by atoms with Crippen molar-refractivity contribution in [3.8, 4) is 11.3 Å². The molecule has 0 radical (unpaired) electrons. The second-order valence-electron chi connectivity index (χ2n) is 7.30. The first-order chi connectivity index (χ1) is 12.5. The summed E-state index contributed by atoms with van der Waals surface area (Å²) < 4.78 is 0. The third kappa shape index (κ3) is 2.48. The summed E-state index contributed by atoms with van der Waals surface area (Å²) in [5, 5.41) is 0. The minimum atomic E-state index is 0.178. The molecule has 0 aliphatic carbocycles. The molecule has 2 heterocycles. The minimum absolute atomic E-state index is 0.178. The summed E-state index contributed by atoms with van der Waals surface area (Å²) in [6.07, 6.45) is 1.92. The predicted octanol–water partition coefficient (Wildman–Crippen LogP) is 3.96. The van der Waals surface area contributed by atoms with Gasteiger partial charge in [-0.15, -0.1) is 0 Å². The van der Waals surface area contributed by atoms with Crippen molar-refractivity contribution in [2.45, 2.75) is 20.8 Å². The van der Waals surface area contributed by atoms with E-state index < -0.39 is 0 Å². The van der Waals surface area contributed by atoms with Crippen molar-refractivity contribution in [2.75, 3.05) is 23.7 Å². The fourth-order valence-electron chi connectivity index (χ4n) is 4.38. The number of pyridine rings is 1. The summed E-state index contributed by atoms with van der Waals surface area (Å²) in [7, 11) is 4.36. The number of nitrogens with zero attached hydrogens (tertiary/aromatic N) is 3. The van der Waals surface area contributed by atoms with Gasteiger partial charge >= 0.3 is 6.98 Å². The first-order valence-corrected chi connectivity index (χ1v) is 9.07. The van der Waals surface area contributed by atoms with E-state index in [1.807, 2.05) is 12.3 Å². The zero-order valence-electron chi connectivity index (χ0n) is 16.1. The molecule has 0 fully saturated rings. The number of fused-ring (bicyclic) bond motifs is 1. The Kier molecular flexibility index (Phi) is 3.99. The summed E-state index contributed by atoms with van der Waals surface area (Å²) >= 11 is 0. The van der Waals surface area contributed by atoms with E-state index in [1.54, 1.807) is 0 Å². The van der Waals surface area contributed by atoms with Crippen molar-refractivity contribution in [2.24, 2.45) is 0 Å². The molecule has 4 rings (SSSR count). The summed E-state index contributed by atoms with van der Waals surface area (Å²) in [5.74, 6) is 0. The van der Waals surface area contributed by atoms with Crippen molar-refractivity contribution in [1.82, 2.24) is 4.98 Å². The number of aromatic nitrogens is 1. The maximum atomic E-state index is 4.72. The van der Waals surface area contributed by atoms with Gasteiger partial charge in [-0.3, -0.25) is 4.98 Å². The molecule has 2 aromatic carbocycles. The molecule has 0 unspecified atom stereocenters. The van der Waals surface area contributed by atoms with Crippen molar-refractivity contribution in [3.63, 3.8) is 0 Å². The lowest BCUT2D eigenvalue weighted by Crippen LogP contribution is -2.55. The number of hydrogen-bond donors (Lipinski definition) is 0. The van der Waals surface area contributed by atoms with Crippen LogP contribution in [0.15, 0.2) is 54.7 Å². The highest BCUT2D eigenvalue weighted by Crippen LogP contribution is 2.42. The fraction of sp³-hybridized carbons (Fsp3) is 0.227. The van der Waals surface area contributed by atoms with Gasteiger partial charge in [-0.25, -0.2) is 0 Å². The van der Waals surface area contributed by atoms with Gasteiger partial charge in [-0.05, 0) is 46.4 Å². The second-order valence-corrected chi connectivity index (χ2v) is 7.30. The monoisotopic (exact) mass is 341 g/mol. The average molecular weight is 341 g/mol. The van der Waals surface area contributed by atoms with Gasteiger partial charge in [0.15, 0.2) is 0 Å². The summed E-state index contributed by atoms with van der Waals surface area (Å²) in [5.41, 5.74) is 10.0. The molecular weight excluding hydrogens is 317 g/mol. The van der Waals surface area contributed by atoms with Crippen LogP contribution in [0.5, 0.6) is 0 Å². The lowest BCUT2D eigenvalue weighted by atomic mass is 9.62. The topological polar surface area (TPSA) is 19.4 Å². The highest BCUT2D eigenvalue weighted by molar-refractivity contribution is 6.82. The molecule has 0 atom stereocenters. The van der Waals surface area contributed by atoms with Crippen LogP contribution in [0.25, 0.3) is 11.3 Å². The Labute approximate surface area is 156 Å². The van der Waals surface area contributed by atoms with Crippen LogP contribution in [-0.4, -0.2) is 26.1 Å². The molecule has 0 amide bonds. The summed E-state index contributed by atoms with van der Waals surface area (Å²) in [6.45, 7) is 6.78. The number of aryl methyl sites for hydroxylation is 3. The van der Waals surface area contributed by atoms with E-state index in [4.69, 9.17) is 4.98 Å². The SMILES string of the molecule is Cc1cc(C)c(B2N(C)c3ccnc(-c4ccccc4)c3N2C)c(C)c1. The number of hydrogen-bond acceptors (Lipinski definition) is 3. The van der Waals surface area contributed by atoms with E-state index in [0.717, 1.165) is 11.3 Å². The van der Waals surface area contributed by atoms with Gasteiger partial charge in [-0.2, -0.15) is 0 Å². The molecule has 1 aliphatic rings. The molecule has 0 saturated heterocycles. The lowest BCUT2D eigenvalue weighted by molar-refractivity contribution is 1.26. The Hall–Kier alpha value is -2.75. The quantitative estimate of drug-likeness (QED) is 0.658. The zero-order chi connectivity index (χ0) is 18.4. The Bertz CT molecular complexity index is 945. The van der Waals surface area contributed by atoms with Crippen LogP contribution in [0.3, 0.4) is 0 Å². The van der Waals surface area contributed by atoms with Crippen molar-refractivity contribution in [1.29, 1.82) is 0 Å². The Morgan fingerprint density at radius 1 is 0.846 bits per heavy atom. The van der Waals surface area contributed by atoms with E-state index >= 15 is 0 Å². The Balaban J connectivity index is 1.88. The van der Waals surface area contributed by atoms with Crippen molar-refractivity contribution in [3.05, 3.63) is 71.4 Å². The normalized spacial score (nSPS) is 13.3. The highest BCUT2D eigenvalue weighted by Gasteiger charge is 2.41. The lowest BCUT2D eigenvalue weighted by Gasteiger charge is -2.27. The van der Waals surface area contributed by atoms with Crippen molar-refractivity contribution < 1.29 is 0 Å². The number of anilines is 2. The summed E-state index contributed by atoms with van der Waals surface area (Å²) in [4.78, 5) is 9.46. The van der Waals surface area contributed by atoms with E-state index in [0.29, 0.717) is 0 Å². The third-order valence-corrected chi connectivity index (χ3v) is 5.41. The maximum Gasteiger partial charge on any atom is 0.411 e. The van der Waals surface area contributed by atoms with Crippen molar-refractivity contribution >= 4 is 23.8 Å². The molecule has 26 heavy (non-hydrogen) atoms. The standard InChI is InChI=1S/C22H24BN3/c1-15-13-16(2)20(17(3)14-15)23-25(4)19-11-12-24-21(22(19)26(23)5)18-9-7-6-8-10-18/h6-14H,1-5H3. The smallest absolute Gasteiger partial charge is 0.393 e. The first-order valence-electron chi connectivity index (χ1n) is 9.07. The van der Waals surface area contributed by atoms with Gasteiger partial charge in [0, 0.05) is 11.8 Å².